The van der Waals surface area contributed by atoms with Crippen LogP contribution in [-0.4, -0.2) is 57.4 Å². The van der Waals surface area contributed by atoms with Crippen molar-refractivity contribution in [1.82, 2.24) is 4.31 Å². The van der Waals surface area contributed by atoms with Crippen LogP contribution in [0.4, 0.5) is 11.4 Å². The van der Waals surface area contributed by atoms with Crippen molar-refractivity contribution in [2.75, 3.05) is 43.1 Å². The zero-order valence-electron chi connectivity index (χ0n) is 21.8. The van der Waals surface area contributed by atoms with Crippen molar-refractivity contribution < 1.29 is 27.5 Å². The highest BCUT2D eigenvalue weighted by Crippen LogP contribution is 2.34. The molecule has 0 unspecified atom stereocenters. The van der Waals surface area contributed by atoms with Crippen LogP contribution in [0.3, 0.4) is 0 Å². The molecule has 0 aliphatic carbocycles. The summed E-state index contributed by atoms with van der Waals surface area (Å²) in [6.45, 7) is 3.55. The monoisotopic (exact) mass is 549 g/mol. The van der Waals surface area contributed by atoms with Gasteiger partial charge in [-0.2, -0.15) is 4.31 Å². The second-order valence-electron chi connectivity index (χ2n) is 9.62. The Balaban J connectivity index is 1.26. The van der Waals surface area contributed by atoms with Gasteiger partial charge in [-0.15, -0.1) is 0 Å². The average Bonchev–Trinajstić information content (AvgIpc) is 2.95. The predicted octanol–water partition coefficient (Wildman–Crippen LogP) is 4.23. The number of sulfonamides is 1. The maximum atomic E-state index is 12.9. The minimum Gasteiger partial charge on any atom is -0.492 e. The number of ether oxygens (including phenoxy) is 2. The fourth-order valence-corrected chi connectivity index (χ4v) is 6.24. The van der Waals surface area contributed by atoms with Crippen LogP contribution in [0.1, 0.15) is 35.2 Å². The Morgan fingerprint density at radius 3 is 2.51 bits per heavy atom. The quantitative estimate of drug-likeness (QED) is 0.451. The second kappa shape index (κ2) is 11.5. The molecular weight excluding hydrogens is 518 g/mol. The molecule has 1 saturated heterocycles. The summed E-state index contributed by atoms with van der Waals surface area (Å²) < 4.78 is 38.7. The third kappa shape index (κ3) is 6.07. The molecule has 204 valence electrons. The molecule has 5 rings (SSSR count). The highest BCUT2D eigenvalue weighted by molar-refractivity contribution is 7.89. The van der Waals surface area contributed by atoms with Crippen molar-refractivity contribution in [3.63, 3.8) is 0 Å². The van der Waals surface area contributed by atoms with Crippen LogP contribution in [-0.2, 0) is 14.8 Å². The van der Waals surface area contributed by atoms with Gasteiger partial charge in [0.1, 0.15) is 18.1 Å². The number of aryl methyl sites for hydroxylation is 1. The van der Waals surface area contributed by atoms with Crippen molar-refractivity contribution in [1.29, 1.82) is 0 Å². The van der Waals surface area contributed by atoms with Crippen molar-refractivity contribution >= 4 is 33.2 Å². The number of hydrogen-bond acceptors (Lipinski definition) is 6. The number of anilines is 2. The van der Waals surface area contributed by atoms with Crippen molar-refractivity contribution in [3.8, 4) is 11.5 Å². The van der Waals surface area contributed by atoms with Gasteiger partial charge in [0.05, 0.1) is 17.1 Å². The highest BCUT2D eigenvalue weighted by atomic mass is 32.2. The lowest BCUT2D eigenvalue weighted by atomic mass is 10.1. The number of benzene rings is 3. The van der Waals surface area contributed by atoms with Crippen LogP contribution in [0.2, 0.25) is 0 Å². The van der Waals surface area contributed by atoms with Crippen LogP contribution in [0, 0.1) is 6.92 Å². The van der Waals surface area contributed by atoms with Gasteiger partial charge >= 0.3 is 0 Å². The van der Waals surface area contributed by atoms with E-state index in [0.29, 0.717) is 42.3 Å². The van der Waals surface area contributed by atoms with Crippen molar-refractivity contribution in [2.45, 2.75) is 31.1 Å². The van der Waals surface area contributed by atoms with Gasteiger partial charge in [0.15, 0.2) is 6.61 Å². The number of carbonyl (C=O) groups is 2. The normalized spacial score (nSPS) is 15.8. The standard InChI is InChI=1S/C29H31N3O6S/c1-21-6-5-7-24(18-21)37-17-16-32-26-19-23(10-13-27(26)38-20-28(32)33)30-29(34)22-8-11-25(12-9-22)39(35,36)31-14-3-2-4-15-31/h5-13,18-19H,2-4,14-17,20H2,1H3,(H,30,34). The Kier molecular flexibility index (Phi) is 7.85. The molecule has 1 fully saturated rings. The SMILES string of the molecule is Cc1cccc(OCCN2C(=O)COc3ccc(NC(=O)c4ccc(S(=O)(=O)N5CCCCC5)cc4)cc32)c1. The first-order valence-electron chi connectivity index (χ1n) is 13.0. The van der Waals surface area contributed by atoms with Gasteiger partial charge in [0, 0.05) is 24.3 Å². The number of nitrogens with zero attached hydrogens (tertiary/aromatic N) is 2. The summed E-state index contributed by atoms with van der Waals surface area (Å²) in [7, 11) is -3.57. The number of fused-ring (bicyclic) bond motifs is 1. The molecule has 0 aromatic heterocycles. The van der Waals surface area contributed by atoms with Crippen LogP contribution in [0.15, 0.2) is 71.6 Å². The molecule has 0 saturated carbocycles. The molecule has 0 atom stereocenters. The largest absolute Gasteiger partial charge is 0.492 e. The van der Waals surface area contributed by atoms with Gasteiger partial charge in [-0.25, -0.2) is 8.42 Å². The minimum atomic E-state index is -3.57. The van der Waals surface area contributed by atoms with Crippen molar-refractivity contribution in [2.24, 2.45) is 0 Å². The number of hydrogen-bond donors (Lipinski definition) is 1. The van der Waals surface area contributed by atoms with E-state index in [9.17, 15) is 18.0 Å². The molecule has 0 radical (unpaired) electrons. The maximum absolute atomic E-state index is 12.9. The van der Waals surface area contributed by atoms with E-state index in [-0.39, 0.29) is 24.0 Å². The van der Waals surface area contributed by atoms with Crippen LogP contribution in [0.25, 0.3) is 0 Å². The molecule has 39 heavy (non-hydrogen) atoms. The van der Waals surface area contributed by atoms with Gasteiger partial charge in [0.2, 0.25) is 10.0 Å². The first-order chi connectivity index (χ1) is 18.8. The topological polar surface area (TPSA) is 105 Å². The summed E-state index contributed by atoms with van der Waals surface area (Å²) in [6, 6.07) is 18.7. The fraction of sp³-hybridized carbons (Fsp3) is 0.310. The number of amides is 2. The first-order valence-corrected chi connectivity index (χ1v) is 14.4. The van der Waals surface area contributed by atoms with E-state index in [2.05, 4.69) is 5.32 Å². The average molecular weight is 550 g/mol. The Bertz CT molecular complexity index is 1470. The zero-order valence-corrected chi connectivity index (χ0v) is 22.6. The molecule has 0 spiro atoms. The smallest absolute Gasteiger partial charge is 0.265 e. The van der Waals surface area contributed by atoms with Gasteiger partial charge < -0.3 is 19.7 Å². The minimum absolute atomic E-state index is 0.0736. The predicted molar refractivity (Wildman–Crippen MR) is 148 cm³/mol. The Morgan fingerprint density at radius 1 is 1.00 bits per heavy atom. The van der Waals surface area contributed by atoms with Gasteiger partial charge in [0.25, 0.3) is 11.8 Å². The second-order valence-corrected chi connectivity index (χ2v) is 11.6. The maximum Gasteiger partial charge on any atom is 0.265 e. The number of nitrogens with one attached hydrogen (secondary N) is 1. The van der Waals surface area contributed by atoms with E-state index in [1.54, 1.807) is 23.1 Å². The molecule has 3 aromatic carbocycles. The molecule has 2 amide bonds. The van der Waals surface area contributed by atoms with Gasteiger partial charge in [-0.1, -0.05) is 18.6 Å². The molecule has 9 nitrogen and oxygen atoms in total. The summed E-state index contributed by atoms with van der Waals surface area (Å²) in [5, 5.41) is 2.83. The molecule has 3 aromatic rings. The fourth-order valence-electron chi connectivity index (χ4n) is 4.72. The lowest BCUT2D eigenvalue weighted by molar-refractivity contribution is -0.121. The summed E-state index contributed by atoms with van der Waals surface area (Å²) >= 11 is 0. The summed E-state index contributed by atoms with van der Waals surface area (Å²) in [5.74, 6) is 0.667. The Hall–Kier alpha value is -3.89. The molecule has 2 aliphatic heterocycles. The number of carbonyl (C=O) groups excluding carboxylic acids is 2. The molecule has 1 N–H and O–H groups in total. The third-order valence-electron chi connectivity index (χ3n) is 6.80. The van der Waals surface area contributed by atoms with Crippen LogP contribution in [0.5, 0.6) is 11.5 Å². The first kappa shape index (κ1) is 26.7. The highest BCUT2D eigenvalue weighted by Gasteiger charge is 2.27. The zero-order chi connectivity index (χ0) is 27.4. The lowest BCUT2D eigenvalue weighted by Gasteiger charge is -2.29. The molecule has 10 heteroatoms. The lowest BCUT2D eigenvalue weighted by Crippen LogP contribution is -2.41. The number of rotatable bonds is 8. The molecule has 2 heterocycles. The Labute approximate surface area is 228 Å². The summed E-state index contributed by atoms with van der Waals surface area (Å²) in [5.41, 5.74) is 2.42. The molecule has 2 aliphatic rings. The van der Waals surface area contributed by atoms with Gasteiger partial charge in [-0.3, -0.25) is 9.59 Å². The van der Waals surface area contributed by atoms with Gasteiger partial charge in [-0.05, 0) is 79.9 Å². The summed E-state index contributed by atoms with van der Waals surface area (Å²) in [4.78, 5) is 27.3. The Morgan fingerprint density at radius 2 is 1.77 bits per heavy atom. The number of piperidine rings is 1. The third-order valence-corrected chi connectivity index (χ3v) is 8.72. The van der Waals surface area contributed by atoms with Crippen LogP contribution < -0.4 is 19.7 Å². The van der Waals surface area contributed by atoms with Crippen LogP contribution >= 0.6 is 0 Å². The van der Waals surface area contributed by atoms with E-state index in [1.807, 2.05) is 31.2 Å². The molecular formula is C29H31N3O6S. The van der Waals surface area contributed by atoms with E-state index >= 15 is 0 Å². The van der Waals surface area contributed by atoms with E-state index in [0.717, 1.165) is 30.6 Å². The molecule has 0 bridgehead atoms. The van der Waals surface area contributed by atoms with Crippen molar-refractivity contribution in [3.05, 3.63) is 77.9 Å². The van der Waals surface area contributed by atoms with E-state index in [1.165, 1.54) is 28.6 Å². The van der Waals surface area contributed by atoms with E-state index < -0.39 is 15.9 Å². The summed E-state index contributed by atoms with van der Waals surface area (Å²) in [6.07, 6.45) is 2.75. The van der Waals surface area contributed by atoms with E-state index in [4.69, 9.17) is 9.47 Å².